The number of rotatable bonds is 5. The molecule has 1 heterocycles. The van der Waals surface area contributed by atoms with Crippen LogP contribution in [0, 0.1) is 0 Å². The van der Waals surface area contributed by atoms with E-state index in [0.29, 0.717) is 11.8 Å². The van der Waals surface area contributed by atoms with Crippen LogP contribution in [0.1, 0.15) is 18.1 Å². The summed E-state index contributed by atoms with van der Waals surface area (Å²) < 4.78 is 0. The van der Waals surface area contributed by atoms with E-state index in [2.05, 4.69) is 29.1 Å². The van der Waals surface area contributed by atoms with Crippen LogP contribution in [-0.4, -0.2) is 11.1 Å². The lowest BCUT2D eigenvalue weighted by molar-refractivity contribution is 0.474. The fourth-order valence-electron chi connectivity index (χ4n) is 1.74. The molecule has 2 rings (SSSR count). The van der Waals surface area contributed by atoms with Gasteiger partial charge in [0.05, 0.1) is 0 Å². The molecule has 1 aromatic heterocycles. The van der Waals surface area contributed by atoms with E-state index in [1.807, 2.05) is 12.1 Å². The van der Waals surface area contributed by atoms with Crippen LogP contribution in [0.5, 0.6) is 5.75 Å². The van der Waals surface area contributed by atoms with Gasteiger partial charge in [0.25, 0.3) is 0 Å². The van der Waals surface area contributed by atoms with E-state index in [1.54, 1.807) is 23.5 Å². The average Bonchev–Trinajstić information content (AvgIpc) is 2.81. The topological polar surface area (TPSA) is 32.3 Å². The molecule has 0 spiro atoms. The first-order valence-electron chi connectivity index (χ1n) is 5.76. The van der Waals surface area contributed by atoms with Crippen LogP contribution in [-0.2, 0) is 13.0 Å². The molecule has 0 bridgehead atoms. The number of phenols is 1. The van der Waals surface area contributed by atoms with Gasteiger partial charge in [0.2, 0.25) is 0 Å². The van der Waals surface area contributed by atoms with Crippen molar-refractivity contribution >= 4 is 11.3 Å². The quantitative estimate of drug-likeness (QED) is 0.850. The number of hydrogen-bond acceptors (Lipinski definition) is 3. The Morgan fingerprint density at radius 1 is 1.18 bits per heavy atom. The highest BCUT2D eigenvalue weighted by molar-refractivity contribution is 7.07. The zero-order chi connectivity index (χ0) is 12.1. The summed E-state index contributed by atoms with van der Waals surface area (Å²) in [5.74, 6) is 0.320. The molecule has 2 nitrogen and oxygen atoms in total. The zero-order valence-electron chi connectivity index (χ0n) is 9.89. The molecule has 0 radical (unpaired) electrons. The third-order valence-corrected chi connectivity index (χ3v) is 3.45. The van der Waals surface area contributed by atoms with E-state index in [-0.39, 0.29) is 0 Å². The van der Waals surface area contributed by atoms with Gasteiger partial charge in [-0.3, -0.25) is 0 Å². The van der Waals surface area contributed by atoms with Gasteiger partial charge in [0.15, 0.2) is 0 Å². The molecular formula is C14H17NOS. The van der Waals surface area contributed by atoms with Gasteiger partial charge in [-0.15, -0.1) is 0 Å². The summed E-state index contributed by atoms with van der Waals surface area (Å²) in [5.41, 5.74) is 2.58. The van der Waals surface area contributed by atoms with Crippen molar-refractivity contribution in [3.05, 3.63) is 52.2 Å². The van der Waals surface area contributed by atoms with Crippen molar-refractivity contribution in [1.29, 1.82) is 0 Å². The molecule has 0 saturated carbocycles. The number of aromatic hydroxyl groups is 1. The molecule has 2 N–H and O–H groups in total. The summed E-state index contributed by atoms with van der Waals surface area (Å²) in [4.78, 5) is 0. The fourth-order valence-corrected chi connectivity index (χ4v) is 2.42. The predicted molar refractivity (Wildman–Crippen MR) is 72.4 cm³/mol. The summed E-state index contributed by atoms with van der Waals surface area (Å²) >= 11 is 1.74. The molecule has 0 fully saturated rings. The maximum Gasteiger partial charge on any atom is 0.115 e. The van der Waals surface area contributed by atoms with Gasteiger partial charge in [-0.25, -0.2) is 0 Å². The van der Waals surface area contributed by atoms with Crippen molar-refractivity contribution in [2.24, 2.45) is 0 Å². The van der Waals surface area contributed by atoms with E-state index < -0.39 is 0 Å². The molecule has 1 atom stereocenters. The second-order valence-electron chi connectivity index (χ2n) is 4.28. The van der Waals surface area contributed by atoms with Crippen LogP contribution < -0.4 is 5.32 Å². The first kappa shape index (κ1) is 12.1. The summed E-state index contributed by atoms with van der Waals surface area (Å²) in [7, 11) is 0. The Labute approximate surface area is 106 Å². The smallest absolute Gasteiger partial charge is 0.115 e. The second-order valence-corrected chi connectivity index (χ2v) is 5.06. The highest BCUT2D eigenvalue weighted by Crippen LogP contribution is 2.11. The highest BCUT2D eigenvalue weighted by Gasteiger charge is 2.03. The number of thiophene rings is 1. The molecular weight excluding hydrogens is 230 g/mol. The lowest BCUT2D eigenvalue weighted by Gasteiger charge is -2.13. The van der Waals surface area contributed by atoms with Crippen LogP contribution in [0.3, 0.4) is 0 Å². The molecule has 0 aliphatic rings. The first-order chi connectivity index (χ1) is 8.24. The van der Waals surface area contributed by atoms with E-state index in [9.17, 15) is 5.11 Å². The van der Waals surface area contributed by atoms with E-state index in [0.717, 1.165) is 13.0 Å². The Balaban J connectivity index is 1.79. The third kappa shape index (κ3) is 3.88. The monoisotopic (exact) mass is 247 g/mol. The number of hydrogen-bond donors (Lipinski definition) is 2. The van der Waals surface area contributed by atoms with Crippen molar-refractivity contribution in [1.82, 2.24) is 5.32 Å². The molecule has 0 amide bonds. The summed E-state index contributed by atoms with van der Waals surface area (Å²) in [6, 6.07) is 9.96. The van der Waals surface area contributed by atoms with E-state index in [4.69, 9.17) is 0 Å². The fraction of sp³-hybridized carbons (Fsp3) is 0.286. The minimum atomic E-state index is 0.320. The summed E-state index contributed by atoms with van der Waals surface area (Å²) in [5, 5.41) is 17.0. The van der Waals surface area contributed by atoms with Crippen LogP contribution in [0.4, 0.5) is 0 Å². The third-order valence-electron chi connectivity index (χ3n) is 2.71. The lowest BCUT2D eigenvalue weighted by Crippen LogP contribution is -2.27. The van der Waals surface area contributed by atoms with Gasteiger partial charge in [-0.1, -0.05) is 12.1 Å². The van der Waals surface area contributed by atoms with E-state index >= 15 is 0 Å². The van der Waals surface area contributed by atoms with Crippen LogP contribution in [0.2, 0.25) is 0 Å². The molecule has 1 aromatic carbocycles. The Kier molecular flexibility index (Phi) is 4.18. The molecule has 17 heavy (non-hydrogen) atoms. The largest absolute Gasteiger partial charge is 0.508 e. The SMILES string of the molecule is CC(Cc1ccsc1)NCc1ccc(O)cc1. The Hall–Kier alpha value is -1.32. The lowest BCUT2D eigenvalue weighted by atomic mass is 10.1. The molecule has 3 heteroatoms. The van der Waals surface area contributed by atoms with Crippen molar-refractivity contribution in [3.63, 3.8) is 0 Å². The Morgan fingerprint density at radius 3 is 2.59 bits per heavy atom. The molecule has 1 unspecified atom stereocenters. The molecule has 90 valence electrons. The number of nitrogens with one attached hydrogen (secondary N) is 1. The van der Waals surface area contributed by atoms with Crippen molar-refractivity contribution in [2.75, 3.05) is 0 Å². The van der Waals surface area contributed by atoms with Gasteiger partial charge in [-0.05, 0) is 53.4 Å². The van der Waals surface area contributed by atoms with Crippen LogP contribution in [0.25, 0.3) is 0 Å². The standard InChI is InChI=1S/C14H17NOS/c1-11(8-13-6-7-17-10-13)15-9-12-2-4-14(16)5-3-12/h2-7,10-11,15-16H,8-9H2,1H3. The normalized spacial score (nSPS) is 12.5. The van der Waals surface area contributed by atoms with Gasteiger partial charge in [-0.2, -0.15) is 11.3 Å². The summed E-state index contributed by atoms with van der Waals surface area (Å²) in [6.45, 7) is 3.03. The highest BCUT2D eigenvalue weighted by atomic mass is 32.1. The molecule has 2 aromatic rings. The first-order valence-corrected chi connectivity index (χ1v) is 6.70. The molecule has 0 aliphatic heterocycles. The second kappa shape index (κ2) is 5.84. The average molecular weight is 247 g/mol. The minimum Gasteiger partial charge on any atom is -0.508 e. The maximum absolute atomic E-state index is 9.19. The maximum atomic E-state index is 9.19. The Bertz CT molecular complexity index is 436. The van der Waals surface area contributed by atoms with Crippen LogP contribution >= 0.6 is 11.3 Å². The zero-order valence-corrected chi connectivity index (χ0v) is 10.7. The summed E-state index contributed by atoms with van der Waals surface area (Å²) in [6.07, 6.45) is 1.06. The molecule has 0 aliphatic carbocycles. The van der Waals surface area contributed by atoms with Crippen molar-refractivity contribution in [2.45, 2.75) is 25.9 Å². The minimum absolute atomic E-state index is 0.320. The van der Waals surface area contributed by atoms with Gasteiger partial charge in [0.1, 0.15) is 5.75 Å². The van der Waals surface area contributed by atoms with Gasteiger partial charge >= 0.3 is 0 Å². The molecule has 0 saturated heterocycles. The van der Waals surface area contributed by atoms with Crippen molar-refractivity contribution < 1.29 is 5.11 Å². The predicted octanol–water partition coefficient (Wildman–Crippen LogP) is 3.17. The number of benzene rings is 1. The van der Waals surface area contributed by atoms with Crippen LogP contribution in [0.15, 0.2) is 41.1 Å². The van der Waals surface area contributed by atoms with E-state index in [1.165, 1.54) is 11.1 Å². The number of phenolic OH excluding ortho intramolecular Hbond substituents is 1. The Morgan fingerprint density at radius 2 is 1.94 bits per heavy atom. The van der Waals surface area contributed by atoms with Crippen molar-refractivity contribution in [3.8, 4) is 5.75 Å². The van der Waals surface area contributed by atoms with Gasteiger partial charge < -0.3 is 10.4 Å². The van der Waals surface area contributed by atoms with Gasteiger partial charge in [0, 0.05) is 12.6 Å².